The lowest BCUT2D eigenvalue weighted by atomic mass is 10.1. The van der Waals surface area contributed by atoms with Crippen LogP contribution in [0.4, 0.5) is 5.69 Å². The van der Waals surface area contributed by atoms with Gasteiger partial charge in [0.2, 0.25) is 0 Å². The van der Waals surface area contributed by atoms with Gasteiger partial charge in [0.15, 0.2) is 11.7 Å². The molecule has 1 saturated carbocycles. The van der Waals surface area contributed by atoms with Gasteiger partial charge in [-0.2, -0.15) is 0 Å². The molecule has 0 amide bonds. The number of benzene rings is 1. The second-order valence-electron chi connectivity index (χ2n) is 7.02. The number of anilines is 1. The molecule has 0 atom stereocenters. The van der Waals surface area contributed by atoms with Gasteiger partial charge in [0.25, 0.3) is 10.0 Å². The minimum Gasteiger partial charge on any atom is -0.440 e. The van der Waals surface area contributed by atoms with Gasteiger partial charge in [-0.25, -0.2) is 13.4 Å². The number of rotatable bonds is 5. The predicted molar refractivity (Wildman–Crippen MR) is 108 cm³/mol. The van der Waals surface area contributed by atoms with E-state index >= 15 is 0 Å². The number of thiophene rings is 1. The normalized spacial score (nSPS) is 15.3. The maximum Gasteiger partial charge on any atom is 0.271 e. The quantitative estimate of drug-likeness (QED) is 0.613. The first-order valence-electron chi connectivity index (χ1n) is 9.09. The van der Waals surface area contributed by atoms with Crippen molar-refractivity contribution in [2.75, 3.05) is 4.72 Å². The second kappa shape index (κ2) is 7.13. The van der Waals surface area contributed by atoms with Crippen molar-refractivity contribution < 1.29 is 12.8 Å². The Kier molecular flexibility index (Phi) is 4.82. The van der Waals surface area contributed by atoms with Crippen LogP contribution >= 0.6 is 11.3 Å². The highest BCUT2D eigenvalue weighted by molar-refractivity contribution is 7.94. The van der Waals surface area contributed by atoms with Crippen LogP contribution in [0.2, 0.25) is 0 Å². The summed E-state index contributed by atoms with van der Waals surface area (Å²) < 4.78 is 34.4. The molecule has 4 rings (SSSR count). The van der Waals surface area contributed by atoms with Crippen LogP contribution in [0.1, 0.15) is 48.6 Å². The molecule has 5 nitrogen and oxygen atoms in total. The van der Waals surface area contributed by atoms with Crippen LogP contribution in [0.15, 0.2) is 45.2 Å². The topological polar surface area (TPSA) is 72.2 Å². The number of aromatic nitrogens is 1. The summed E-state index contributed by atoms with van der Waals surface area (Å²) in [5, 5.41) is 0. The zero-order valence-electron chi connectivity index (χ0n) is 15.4. The first kappa shape index (κ1) is 18.3. The Morgan fingerprint density at radius 2 is 1.93 bits per heavy atom. The van der Waals surface area contributed by atoms with Crippen molar-refractivity contribution in [1.82, 2.24) is 4.98 Å². The molecular weight excluding hydrogens is 380 g/mol. The molecule has 3 aromatic rings. The molecule has 0 bridgehead atoms. The SMILES string of the molecule is Cc1cccc(NS(=O)(=O)c2ccc(-c3cnc(C4CCCC4)o3)s2)c1C. The van der Waals surface area contributed by atoms with E-state index in [2.05, 4.69) is 9.71 Å². The second-order valence-corrected chi connectivity index (χ2v) is 10.0. The van der Waals surface area contributed by atoms with Crippen molar-refractivity contribution in [3.8, 4) is 10.6 Å². The van der Waals surface area contributed by atoms with Crippen LogP contribution in [0.25, 0.3) is 10.6 Å². The van der Waals surface area contributed by atoms with Crippen molar-refractivity contribution >= 4 is 27.0 Å². The largest absolute Gasteiger partial charge is 0.440 e. The highest BCUT2D eigenvalue weighted by Crippen LogP contribution is 2.37. The van der Waals surface area contributed by atoms with E-state index in [0.717, 1.165) is 34.7 Å². The van der Waals surface area contributed by atoms with Crippen LogP contribution < -0.4 is 4.72 Å². The summed E-state index contributed by atoms with van der Waals surface area (Å²) in [5.41, 5.74) is 2.57. The molecule has 1 aliphatic carbocycles. The summed E-state index contributed by atoms with van der Waals surface area (Å²) in [6.45, 7) is 3.87. The van der Waals surface area contributed by atoms with E-state index < -0.39 is 10.0 Å². The molecule has 142 valence electrons. The van der Waals surface area contributed by atoms with Crippen LogP contribution in [-0.2, 0) is 10.0 Å². The number of hydrogen-bond donors (Lipinski definition) is 1. The van der Waals surface area contributed by atoms with Gasteiger partial charge < -0.3 is 4.42 Å². The van der Waals surface area contributed by atoms with Crippen molar-refractivity contribution in [2.24, 2.45) is 0 Å². The molecule has 7 heteroatoms. The average Bonchev–Trinajstić information content (AvgIpc) is 3.39. The number of sulfonamides is 1. The fourth-order valence-electron chi connectivity index (χ4n) is 3.42. The highest BCUT2D eigenvalue weighted by atomic mass is 32.2. The third-order valence-corrected chi connectivity index (χ3v) is 8.12. The van der Waals surface area contributed by atoms with E-state index in [4.69, 9.17) is 4.42 Å². The number of oxazole rings is 1. The number of aryl methyl sites for hydroxylation is 1. The third-order valence-electron chi connectivity index (χ3n) is 5.17. The highest BCUT2D eigenvalue weighted by Gasteiger charge is 2.24. The standard InChI is InChI=1S/C20H22N2O3S2/c1-13-6-5-9-16(14(13)2)22-27(23,24)19-11-10-18(26-19)17-12-21-20(25-17)15-7-3-4-8-15/h5-6,9-12,15,22H,3-4,7-8H2,1-2H3. The third kappa shape index (κ3) is 3.66. The van der Waals surface area contributed by atoms with Crippen LogP contribution in [-0.4, -0.2) is 13.4 Å². The molecule has 0 spiro atoms. The van der Waals surface area contributed by atoms with E-state index in [-0.39, 0.29) is 4.21 Å². The summed E-state index contributed by atoms with van der Waals surface area (Å²) in [5.74, 6) is 1.80. The number of hydrogen-bond acceptors (Lipinski definition) is 5. The molecule has 0 saturated heterocycles. The fourth-order valence-corrected chi connectivity index (χ4v) is 5.79. The zero-order valence-corrected chi connectivity index (χ0v) is 17.0. The number of nitrogens with one attached hydrogen (secondary N) is 1. The minimum absolute atomic E-state index is 0.261. The minimum atomic E-state index is -3.64. The van der Waals surface area contributed by atoms with Gasteiger partial charge in [0.1, 0.15) is 4.21 Å². The first-order chi connectivity index (χ1) is 12.9. The number of nitrogens with zero attached hydrogens (tertiary/aromatic N) is 1. The van der Waals surface area contributed by atoms with E-state index in [1.807, 2.05) is 26.0 Å². The van der Waals surface area contributed by atoms with Gasteiger partial charge in [-0.3, -0.25) is 4.72 Å². The van der Waals surface area contributed by atoms with Crippen molar-refractivity contribution in [2.45, 2.75) is 49.7 Å². The van der Waals surface area contributed by atoms with E-state index in [9.17, 15) is 8.42 Å². The lowest BCUT2D eigenvalue weighted by Gasteiger charge is -2.10. The fraction of sp³-hybridized carbons (Fsp3) is 0.350. The average molecular weight is 403 g/mol. The van der Waals surface area contributed by atoms with E-state index in [0.29, 0.717) is 17.4 Å². The summed E-state index contributed by atoms with van der Waals surface area (Å²) in [6.07, 6.45) is 6.36. The van der Waals surface area contributed by atoms with Crippen molar-refractivity contribution in [1.29, 1.82) is 0 Å². The molecule has 0 radical (unpaired) electrons. The zero-order chi connectivity index (χ0) is 19.0. The van der Waals surface area contributed by atoms with Gasteiger partial charge in [0, 0.05) is 5.92 Å². The van der Waals surface area contributed by atoms with Crippen molar-refractivity contribution in [3.05, 3.63) is 53.5 Å². The maximum atomic E-state index is 12.8. The maximum absolute atomic E-state index is 12.8. The van der Waals surface area contributed by atoms with Gasteiger partial charge in [-0.15, -0.1) is 11.3 Å². The monoisotopic (exact) mass is 402 g/mol. The Balaban J connectivity index is 1.57. The van der Waals surface area contributed by atoms with Gasteiger partial charge in [-0.05, 0) is 56.0 Å². The summed E-state index contributed by atoms with van der Waals surface area (Å²) in [6, 6.07) is 8.98. The molecule has 2 heterocycles. The Hall–Kier alpha value is -2.12. The first-order valence-corrected chi connectivity index (χ1v) is 11.4. The lowest BCUT2D eigenvalue weighted by molar-refractivity contribution is 0.458. The molecule has 1 aromatic carbocycles. The summed E-state index contributed by atoms with van der Waals surface area (Å²) >= 11 is 1.19. The van der Waals surface area contributed by atoms with Crippen LogP contribution in [0, 0.1) is 13.8 Å². The van der Waals surface area contributed by atoms with Crippen LogP contribution in [0.3, 0.4) is 0 Å². The molecule has 0 aliphatic heterocycles. The van der Waals surface area contributed by atoms with Gasteiger partial charge in [0.05, 0.1) is 16.8 Å². The van der Waals surface area contributed by atoms with Crippen molar-refractivity contribution in [3.63, 3.8) is 0 Å². The summed E-state index contributed by atoms with van der Waals surface area (Å²) in [4.78, 5) is 5.18. The Bertz CT molecular complexity index is 1060. The molecule has 1 N–H and O–H groups in total. The molecule has 27 heavy (non-hydrogen) atoms. The Labute approximate surface area is 163 Å². The molecule has 1 fully saturated rings. The molecule has 2 aromatic heterocycles. The van der Waals surface area contributed by atoms with Crippen LogP contribution in [0.5, 0.6) is 0 Å². The van der Waals surface area contributed by atoms with Gasteiger partial charge in [-0.1, -0.05) is 25.0 Å². The Morgan fingerprint density at radius 3 is 2.70 bits per heavy atom. The molecular formula is C20H22N2O3S2. The molecule has 1 aliphatic rings. The summed E-state index contributed by atoms with van der Waals surface area (Å²) in [7, 11) is -3.64. The smallest absolute Gasteiger partial charge is 0.271 e. The van der Waals surface area contributed by atoms with Gasteiger partial charge >= 0.3 is 0 Å². The Morgan fingerprint density at radius 1 is 1.15 bits per heavy atom. The van der Waals surface area contributed by atoms with E-state index in [1.54, 1.807) is 24.4 Å². The van der Waals surface area contributed by atoms with E-state index in [1.165, 1.54) is 24.2 Å². The predicted octanol–water partition coefficient (Wildman–Crippen LogP) is 5.48. The molecule has 0 unspecified atom stereocenters. The lowest BCUT2D eigenvalue weighted by Crippen LogP contribution is -2.12.